The van der Waals surface area contributed by atoms with Crippen LogP contribution in [0.15, 0.2) is 19.2 Å². The van der Waals surface area contributed by atoms with E-state index in [9.17, 15) is 19.2 Å². The molecule has 0 saturated carbocycles. The molecule has 0 saturated heterocycles. The SMILES string of the molecule is CNc1c(NCCCNc2c(NC)c(=O)c2=O)c(=O)c1=O. The maximum atomic E-state index is 11.3. The van der Waals surface area contributed by atoms with E-state index in [1.807, 2.05) is 0 Å². The van der Waals surface area contributed by atoms with Gasteiger partial charge in [0.2, 0.25) is 0 Å². The Labute approximate surface area is 119 Å². The van der Waals surface area contributed by atoms with Crippen LogP contribution in [0.2, 0.25) is 0 Å². The van der Waals surface area contributed by atoms with Crippen LogP contribution in [0.5, 0.6) is 0 Å². The maximum absolute atomic E-state index is 11.3. The predicted molar refractivity (Wildman–Crippen MR) is 83.4 cm³/mol. The fraction of sp³-hybridized carbons (Fsp3) is 0.385. The monoisotopic (exact) mass is 292 g/mol. The van der Waals surface area contributed by atoms with E-state index in [1.54, 1.807) is 14.1 Å². The van der Waals surface area contributed by atoms with Crippen molar-refractivity contribution in [2.45, 2.75) is 6.42 Å². The van der Waals surface area contributed by atoms with Gasteiger partial charge < -0.3 is 21.3 Å². The topological polar surface area (TPSA) is 116 Å². The van der Waals surface area contributed by atoms with Gasteiger partial charge >= 0.3 is 0 Å². The summed E-state index contributed by atoms with van der Waals surface area (Å²) in [5.74, 6) is 0. The summed E-state index contributed by atoms with van der Waals surface area (Å²) >= 11 is 0. The van der Waals surface area contributed by atoms with Crippen molar-refractivity contribution in [2.24, 2.45) is 0 Å². The Morgan fingerprint density at radius 1 is 0.619 bits per heavy atom. The molecule has 0 bridgehead atoms. The molecule has 2 aromatic carbocycles. The van der Waals surface area contributed by atoms with Gasteiger partial charge in [0, 0.05) is 27.2 Å². The Morgan fingerprint density at radius 2 is 0.952 bits per heavy atom. The molecule has 0 heterocycles. The lowest BCUT2D eigenvalue weighted by Gasteiger charge is -2.14. The molecular formula is C13H16N4O4. The van der Waals surface area contributed by atoms with E-state index in [1.165, 1.54) is 0 Å². The standard InChI is InChI=1S/C13H16N4O4/c1-14-6-8(12(20)10(6)18)16-4-3-5-17-9-7(15-2)11(19)13(9)21/h14-17H,3-5H2,1-2H3. The van der Waals surface area contributed by atoms with Gasteiger partial charge in [0.1, 0.15) is 22.7 Å². The summed E-state index contributed by atoms with van der Waals surface area (Å²) < 4.78 is 0. The van der Waals surface area contributed by atoms with Crippen molar-refractivity contribution in [1.82, 2.24) is 0 Å². The fourth-order valence-corrected chi connectivity index (χ4v) is 2.11. The van der Waals surface area contributed by atoms with Crippen LogP contribution in [0.4, 0.5) is 22.7 Å². The lowest BCUT2D eigenvalue weighted by atomic mass is 10.2. The fourth-order valence-electron chi connectivity index (χ4n) is 2.11. The van der Waals surface area contributed by atoms with Crippen LogP contribution < -0.4 is 43.0 Å². The van der Waals surface area contributed by atoms with Crippen molar-refractivity contribution in [2.75, 3.05) is 48.5 Å². The summed E-state index contributed by atoms with van der Waals surface area (Å²) in [7, 11) is 3.15. The minimum atomic E-state index is -0.521. The molecular weight excluding hydrogens is 276 g/mol. The van der Waals surface area contributed by atoms with Gasteiger partial charge in [-0.05, 0) is 6.42 Å². The van der Waals surface area contributed by atoms with Gasteiger partial charge in [-0.25, -0.2) is 0 Å². The van der Waals surface area contributed by atoms with Crippen LogP contribution in [0.3, 0.4) is 0 Å². The third-order valence-corrected chi connectivity index (χ3v) is 3.28. The number of anilines is 4. The van der Waals surface area contributed by atoms with Gasteiger partial charge in [-0.3, -0.25) is 19.2 Å². The quantitative estimate of drug-likeness (QED) is 0.357. The first-order valence-electron chi connectivity index (χ1n) is 6.52. The van der Waals surface area contributed by atoms with Gasteiger partial charge in [0.15, 0.2) is 0 Å². The first-order chi connectivity index (χ1) is 10.0. The lowest BCUT2D eigenvalue weighted by molar-refractivity contribution is 0.904. The van der Waals surface area contributed by atoms with Crippen molar-refractivity contribution < 1.29 is 0 Å². The Morgan fingerprint density at radius 3 is 1.29 bits per heavy atom. The van der Waals surface area contributed by atoms with Crippen molar-refractivity contribution in [3.63, 3.8) is 0 Å². The molecule has 0 radical (unpaired) electrons. The second-order valence-corrected chi connectivity index (χ2v) is 4.52. The third kappa shape index (κ3) is 2.39. The van der Waals surface area contributed by atoms with Crippen LogP contribution in [-0.4, -0.2) is 27.2 Å². The second-order valence-electron chi connectivity index (χ2n) is 4.52. The molecule has 0 amide bonds. The highest BCUT2D eigenvalue weighted by Crippen LogP contribution is 2.14. The molecule has 0 aliphatic rings. The summed E-state index contributed by atoms with van der Waals surface area (Å²) in [6.45, 7) is 0.938. The normalized spacial score (nSPS) is 10.8. The molecule has 0 aliphatic carbocycles. The summed E-state index contributed by atoms with van der Waals surface area (Å²) in [5.41, 5.74) is -0.874. The van der Waals surface area contributed by atoms with Crippen LogP contribution >= 0.6 is 0 Å². The van der Waals surface area contributed by atoms with Crippen LogP contribution in [-0.2, 0) is 0 Å². The first-order valence-corrected chi connectivity index (χ1v) is 6.52. The van der Waals surface area contributed by atoms with Crippen molar-refractivity contribution in [1.29, 1.82) is 0 Å². The molecule has 112 valence electrons. The molecule has 2 rings (SSSR count). The lowest BCUT2D eigenvalue weighted by Crippen LogP contribution is -2.38. The summed E-state index contributed by atoms with van der Waals surface area (Å²) in [4.78, 5) is 44.9. The largest absolute Gasteiger partial charge is 0.383 e. The third-order valence-electron chi connectivity index (χ3n) is 3.28. The van der Waals surface area contributed by atoms with Gasteiger partial charge in [-0.2, -0.15) is 0 Å². The Kier molecular flexibility index (Phi) is 4.06. The highest BCUT2D eigenvalue weighted by atomic mass is 16.2. The van der Waals surface area contributed by atoms with Gasteiger partial charge in [0.05, 0.1) is 0 Å². The summed E-state index contributed by atoms with van der Waals surface area (Å²) in [6.07, 6.45) is 0.615. The van der Waals surface area contributed by atoms with E-state index in [0.717, 1.165) is 0 Å². The zero-order valence-corrected chi connectivity index (χ0v) is 11.8. The number of hydrogen-bond donors (Lipinski definition) is 4. The number of rotatable bonds is 8. The summed E-state index contributed by atoms with van der Waals surface area (Å²) in [5, 5.41) is 11.1. The molecule has 8 heteroatoms. The zero-order valence-electron chi connectivity index (χ0n) is 11.8. The Bertz CT molecular complexity index is 727. The Hall–Kier alpha value is -2.64. The van der Waals surface area contributed by atoms with Gasteiger partial charge in [0.25, 0.3) is 21.7 Å². The van der Waals surface area contributed by atoms with E-state index in [2.05, 4.69) is 21.3 Å². The van der Waals surface area contributed by atoms with E-state index in [4.69, 9.17) is 0 Å². The predicted octanol–water partition coefficient (Wildman–Crippen LogP) is -1.12. The average molecular weight is 292 g/mol. The average Bonchev–Trinajstić information content (AvgIpc) is 2.50. The van der Waals surface area contributed by atoms with E-state index >= 15 is 0 Å². The van der Waals surface area contributed by atoms with Gasteiger partial charge in [-0.1, -0.05) is 0 Å². The molecule has 21 heavy (non-hydrogen) atoms. The molecule has 4 N–H and O–H groups in total. The van der Waals surface area contributed by atoms with E-state index in [0.29, 0.717) is 42.3 Å². The smallest absolute Gasteiger partial charge is 0.253 e. The number of nitrogens with one attached hydrogen (secondary N) is 4. The first kappa shape index (κ1) is 14.8. The van der Waals surface area contributed by atoms with Crippen molar-refractivity contribution in [3.8, 4) is 0 Å². The minimum Gasteiger partial charge on any atom is -0.383 e. The highest BCUT2D eigenvalue weighted by molar-refractivity contribution is 5.74. The highest BCUT2D eigenvalue weighted by Gasteiger charge is 2.20. The van der Waals surface area contributed by atoms with E-state index < -0.39 is 21.7 Å². The zero-order chi connectivity index (χ0) is 15.6. The minimum absolute atomic E-state index is 0.299. The van der Waals surface area contributed by atoms with Gasteiger partial charge in [-0.15, -0.1) is 0 Å². The van der Waals surface area contributed by atoms with Crippen LogP contribution in [0.25, 0.3) is 0 Å². The molecule has 0 unspecified atom stereocenters. The molecule has 0 spiro atoms. The van der Waals surface area contributed by atoms with Crippen molar-refractivity contribution >= 4 is 22.7 Å². The Balaban J connectivity index is 1.79. The maximum Gasteiger partial charge on any atom is 0.253 e. The second kappa shape index (κ2) is 5.78. The summed E-state index contributed by atoms with van der Waals surface area (Å²) in [6, 6.07) is 0. The number of hydrogen-bond acceptors (Lipinski definition) is 8. The molecule has 0 aliphatic heterocycles. The molecule has 0 fully saturated rings. The van der Waals surface area contributed by atoms with Crippen LogP contribution in [0, 0.1) is 0 Å². The molecule has 8 nitrogen and oxygen atoms in total. The molecule has 0 aromatic heterocycles. The molecule has 0 atom stereocenters. The van der Waals surface area contributed by atoms with Crippen LogP contribution in [0.1, 0.15) is 6.42 Å². The van der Waals surface area contributed by atoms with Crippen molar-refractivity contribution in [3.05, 3.63) is 40.9 Å². The molecule has 2 aromatic rings. The van der Waals surface area contributed by atoms with E-state index in [-0.39, 0.29) is 0 Å².